The number of methoxy groups -OCH3 is 2. The van der Waals surface area contributed by atoms with E-state index < -0.39 is 28.4 Å². The Morgan fingerprint density at radius 3 is 2.29 bits per heavy atom. The highest BCUT2D eigenvalue weighted by Gasteiger charge is 2.48. The molecule has 176 valence electrons. The number of carbonyl (C=O) groups is 1. The molecule has 0 aromatic heterocycles. The Kier molecular flexibility index (Phi) is 8.70. The summed E-state index contributed by atoms with van der Waals surface area (Å²) in [6, 6.07) is 6.13. The van der Waals surface area contributed by atoms with Crippen molar-refractivity contribution in [1.82, 2.24) is 13.5 Å². The number of hydrogen-bond acceptors (Lipinski definition) is 6. The van der Waals surface area contributed by atoms with Gasteiger partial charge in [-0.05, 0) is 44.9 Å². The molecule has 0 spiro atoms. The van der Waals surface area contributed by atoms with Crippen LogP contribution in [0.25, 0.3) is 0 Å². The number of hydrogen-bond donors (Lipinski definition) is 0. The zero-order chi connectivity index (χ0) is 23.3. The van der Waals surface area contributed by atoms with Crippen molar-refractivity contribution in [3.05, 3.63) is 29.8 Å². The minimum atomic E-state index is -3.78. The Bertz CT molecular complexity index is 828. The maximum Gasteiger partial charge on any atom is 0.410 e. The van der Waals surface area contributed by atoms with Crippen LogP contribution in [0.4, 0.5) is 4.79 Å². The predicted octanol–water partition coefficient (Wildman–Crippen LogP) is 2.33. The second kappa shape index (κ2) is 10.6. The lowest BCUT2D eigenvalue weighted by atomic mass is 10.1. The maximum absolute atomic E-state index is 13.3. The van der Waals surface area contributed by atoms with Gasteiger partial charge in [0.05, 0.1) is 31.9 Å². The molecule has 1 aromatic carbocycles. The van der Waals surface area contributed by atoms with Gasteiger partial charge in [-0.2, -0.15) is 17.0 Å². The second-order valence-corrected chi connectivity index (χ2v) is 10.3. The Morgan fingerprint density at radius 1 is 1.19 bits per heavy atom. The smallest absolute Gasteiger partial charge is 0.410 e. The Morgan fingerprint density at radius 2 is 1.81 bits per heavy atom. The zero-order valence-corrected chi connectivity index (χ0v) is 20.3. The topological polar surface area (TPSA) is 88.6 Å². The van der Waals surface area contributed by atoms with Crippen molar-refractivity contribution in [1.29, 1.82) is 0 Å². The summed E-state index contributed by atoms with van der Waals surface area (Å²) in [4.78, 5) is 14.4. The van der Waals surface area contributed by atoms with E-state index in [9.17, 15) is 13.2 Å². The first kappa shape index (κ1) is 25.4. The molecule has 1 saturated heterocycles. The third-order valence-corrected chi connectivity index (χ3v) is 7.28. The number of benzene rings is 1. The largest absolute Gasteiger partial charge is 0.497 e. The number of likely N-dealkylation sites (tertiary alicyclic amines) is 1. The van der Waals surface area contributed by atoms with E-state index in [1.807, 2.05) is 19.1 Å². The highest BCUT2D eigenvalue weighted by Crippen LogP contribution is 2.33. The average molecular weight is 458 g/mol. The van der Waals surface area contributed by atoms with E-state index in [0.717, 1.165) is 5.56 Å². The van der Waals surface area contributed by atoms with E-state index >= 15 is 0 Å². The van der Waals surface area contributed by atoms with Gasteiger partial charge in [-0.1, -0.05) is 12.1 Å². The van der Waals surface area contributed by atoms with Crippen molar-refractivity contribution in [3.8, 4) is 5.75 Å². The molecule has 1 fully saturated rings. The van der Waals surface area contributed by atoms with Crippen LogP contribution in [0.15, 0.2) is 24.3 Å². The lowest BCUT2D eigenvalue weighted by Gasteiger charge is -2.35. The van der Waals surface area contributed by atoms with Crippen molar-refractivity contribution in [2.45, 2.75) is 58.0 Å². The van der Waals surface area contributed by atoms with E-state index in [2.05, 4.69) is 0 Å². The van der Waals surface area contributed by atoms with Gasteiger partial charge in [0.1, 0.15) is 5.75 Å². The van der Waals surface area contributed by atoms with Crippen molar-refractivity contribution in [2.24, 2.45) is 0 Å². The van der Waals surface area contributed by atoms with Gasteiger partial charge in [-0.15, -0.1) is 0 Å². The molecule has 1 aliphatic rings. The number of nitrogens with zero attached hydrogens (tertiary/aromatic N) is 3. The van der Waals surface area contributed by atoms with E-state index in [4.69, 9.17) is 14.2 Å². The number of amides is 1. The summed E-state index contributed by atoms with van der Waals surface area (Å²) in [5.41, 5.74) is 0.818. The fourth-order valence-corrected chi connectivity index (χ4v) is 5.17. The molecule has 10 heteroatoms. The van der Waals surface area contributed by atoms with Crippen LogP contribution in [0.2, 0.25) is 0 Å². The molecule has 0 aliphatic carbocycles. The van der Waals surface area contributed by atoms with Crippen LogP contribution in [-0.2, 0) is 26.2 Å². The van der Waals surface area contributed by atoms with Crippen LogP contribution in [0.3, 0.4) is 0 Å². The van der Waals surface area contributed by atoms with Crippen molar-refractivity contribution in [2.75, 3.05) is 34.9 Å². The van der Waals surface area contributed by atoms with E-state index in [1.165, 1.54) is 22.7 Å². The minimum absolute atomic E-state index is 0.162. The number of ether oxygens (including phenoxy) is 3. The van der Waals surface area contributed by atoms with Gasteiger partial charge in [-0.3, -0.25) is 4.90 Å². The molecule has 0 N–H and O–H groups in total. The summed E-state index contributed by atoms with van der Waals surface area (Å²) in [6.45, 7) is 5.83. The molecule has 31 heavy (non-hydrogen) atoms. The highest BCUT2D eigenvalue weighted by atomic mass is 32.2. The lowest BCUT2D eigenvalue weighted by molar-refractivity contribution is 0.0380. The molecule has 3 atom stereocenters. The van der Waals surface area contributed by atoms with Crippen LogP contribution in [0.1, 0.15) is 32.8 Å². The quantitative estimate of drug-likeness (QED) is 0.566. The maximum atomic E-state index is 13.3. The van der Waals surface area contributed by atoms with Crippen LogP contribution in [0.5, 0.6) is 5.75 Å². The fourth-order valence-electron chi connectivity index (χ4n) is 3.87. The molecule has 0 unspecified atom stereocenters. The molecule has 1 aromatic rings. The minimum Gasteiger partial charge on any atom is -0.497 e. The van der Waals surface area contributed by atoms with Gasteiger partial charge in [0.25, 0.3) is 10.2 Å². The number of carbonyl (C=O) groups excluding carboxylic acids is 1. The first-order valence-corrected chi connectivity index (χ1v) is 11.7. The standard InChI is InChI=1S/C21H35N3O6S/c1-15(2)30-21(25)24-16(3)12-19(20(24)14-28-6)23(31(26,27)22(4)5)13-17-8-10-18(29-7)11-9-17/h8-11,15-16,19-20H,12-14H2,1-7H3/t16-,19+,20+/m1/s1. The monoisotopic (exact) mass is 457 g/mol. The average Bonchev–Trinajstić information content (AvgIpc) is 3.01. The molecular weight excluding hydrogens is 422 g/mol. The third-order valence-electron chi connectivity index (χ3n) is 5.37. The van der Waals surface area contributed by atoms with Gasteiger partial charge < -0.3 is 14.2 Å². The molecule has 0 bridgehead atoms. The molecule has 9 nitrogen and oxygen atoms in total. The summed E-state index contributed by atoms with van der Waals surface area (Å²) >= 11 is 0. The highest BCUT2D eigenvalue weighted by molar-refractivity contribution is 7.86. The lowest BCUT2D eigenvalue weighted by Crippen LogP contribution is -2.53. The molecular formula is C21H35N3O6S. The van der Waals surface area contributed by atoms with Gasteiger partial charge in [0.2, 0.25) is 0 Å². The molecule has 1 aliphatic heterocycles. The Hall–Kier alpha value is -1.88. The van der Waals surface area contributed by atoms with Crippen LogP contribution in [-0.4, -0.2) is 87.2 Å². The molecule has 0 radical (unpaired) electrons. The van der Waals surface area contributed by atoms with Gasteiger partial charge >= 0.3 is 6.09 Å². The van der Waals surface area contributed by atoms with E-state index in [1.54, 1.807) is 45.1 Å². The molecule has 1 amide bonds. The van der Waals surface area contributed by atoms with E-state index in [0.29, 0.717) is 12.2 Å². The first-order valence-electron chi connectivity index (χ1n) is 10.3. The van der Waals surface area contributed by atoms with Crippen molar-refractivity contribution < 1.29 is 27.4 Å². The van der Waals surface area contributed by atoms with Crippen molar-refractivity contribution in [3.63, 3.8) is 0 Å². The number of rotatable bonds is 9. The fraction of sp³-hybridized carbons (Fsp3) is 0.667. The first-order chi connectivity index (χ1) is 14.5. The van der Waals surface area contributed by atoms with Crippen LogP contribution in [0, 0.1) is 0 Å². The summed E-state index contributed by atoms with van der Waals surface area (Å²) in [5.74, 6) is 0.695. The third kappa shape index (κ3) is 5.88. The zero-order valence-electron chi connectivity index (χ0n) is 19.4. The molecule has 0 saturated carbocycles. The van der Waals surface area contributed by atoms with E-state index in [-0.39, 0.29) is 25.3 Å². The van der Waals surface area contributed by atoms with Crippen LogP contribution >= 0.6 is 0 Å². The second-order valence-electron chi connectivity index (χ2n) is 8.20. The summed E-state index contributed by atoms with van der Waals surface area (Å²) in [6.07, 6.45) is -0.258. The SMILES string of the molecule is COC[C@H]1[C@@H](N(Cc2ccc(OC)cc2)S(=O)(=O)N(C)C)C[C@@H](C)N1C(=O)OC(C)C. The molecule has 2 rings (SSSR count). The predicted molar refractivity (Wildman–Crippen MR) is 118 cm³/mol. The Balaban J connectivity index is 2.43. The Labute approximate surface area is 186 Å². The van der Waals surface area contributed by atoms with Gasteiger partial charge in [0, 0.05) is 33.8 Å². The molecule has 1 heterocycles. The summed E-state index contributed by atoms with van der Waals surface area (Å²) < 4.78 is 45.3. The van der Waals surface area contributed by atoms with Crippen LogP contribution < -0.4 is 4.74 Å². The van der Waals surface area contributed by atoms with Gasteiger partial charge in [0.15, 0.2) is 0 Å². The van der Waals surface area contributed by atoms with Crippen molar-refractivity contribution >= 4 is 16.3 Å². The summed E-state index contributed by atoms with van der Waals surface area (Å²) in [5, 5.41) is 0. The normalized spacial score (nSPS) is 21.9. The van der Waals surface area contributed by atoms with Gasteiger partial charge in [-0.25, -0.2) is 4.79 Å². The summed E-state index contributed by atoms with van der Waals surface area (Å²) in [7, 11) is 2.35.